The van der Waals surface area contributed by atoms with Crippen LogP contribution in [-0.2, 0) is 0 Å². The molecule has 0 aliphatic heterocycles. The van der Waals surface area contributed by atoms with Crippen molar-refractivity contribution in [2.45, 2.75) is 17.2 Å². The first-order chi connectivity index (χ1) is 9.58. The molecule has 9 heteroatoms. The third-order valence-corrected chi connectivity index (χ3v) is 2.94. The van der Waals surface area contributed by atoms with Crippen molar-refractivity contribution in [3.63, 3.8) is 0 Å². The van der Waals surface area contributed by atoms with Crippen LogP contribution in [0, 0.1) is 0 Å². The van der Waals surface area contributed by atoms with Crippen molar-refractivity contribution in [1.29, 1.82) is 0 Å². The molecule has 2 heterocycles. The van der Waals surface area contributed by atoms with Gasteiger partial charge in [-0.25, -0.2) is 4.98 Å². The van der Waals surface area contributed by atoms with E-state index in [4.69, 9.17) is 0 Å². The minimum absolute atomic E-state index is 0.212. The summed E-state index contributed by atoms with van der Waals surface area (Å²) in [5.41, 5.74) is -0.212. The van der Waals surface area contributed by atoms with Crippen LogP contribution in [0.3, 0.4) is 0 Å². The van der Waals surface area contributed by atoms with E-state index in [-0.39, 0.29) is 5.56 Å². The first kappa shape index (κ1) is 14.3. The van der Waals surface area contributed by atoms with Gasteiger partial charge in [-0.15, -0.1) is 0 Å². The fourth-order valence-electron chi connectivity index (χ4n) is 1.32. The summed E-state index contributed by atoms with van der Waals surface area (Å²) in [6, 6.07) is 1.35. The number of nitrogens with one attached hydrogen (secondary N) is 2. The molecule has 0 amide bonds. The van der Waals surface area contributed by atoms with Gasteiger partial charge in [0.15, 0.2) is 5.16 Å². The number of hydrogen-bond donors (Lipinski definition) is 2. The Balaban J connectivity index is 2.32. The van der Waals surface area contributed by atoms with E-state index in [0.29, 0.717) is 28.8 Å². The summed E-state index contributed by atoms with van der Waals surface area (Å²) in [7, 11) is 3.70. The van der Waals surface area contributed by atoms with Gasteiger partial charge >= 0.3 is 0 Å². The molecule has 106 valence electrons. The Hall–Kier alpha value is -2.16. The summed E-state index contributed by atoms with van der Waals surface area (Å²) in [6.07, 6.45) is 1.44. The Bertz CT molecular complexity index is 643. The highest BCUT2D eigenvalue weighted by atomic mass is 32.2. The van der Waals surface area contributed by atoms with Crippen molar-refractivity contribution >= 4 is 23.7 Å². The Kier molecular flexibility index (Phi) is 4.51. The van der Waals surface area contributed by atoms with E-state index in [1.165, 1.54) is 24.0 Å². The summed E-state index contributed by atoms with van der Waals surface area (Å²) >= 11 is 1.18. The molecule has 0 unspecified atom stereocenters. The maximum Gasteiger partial charge on any atom is 0.251 e. The highest BCUT2D eigenvalue weighted by Crippen LogP contribution is 2.22. The molecule has 0 fully saturated rings. The van der Waals surface area contributed by atoms with Gasteiger partial charge in [-0.3, -0.25) is 4.79 Å². The van der Waals surface area contributed by atoms with Crippen molar-refractivity contribution in [2.75, 3.05) is 30.9 Å². The van der Waals surface area contributed by atoms with E-state index in [1.54, 1.807) is 4.90 Å². The minimum Gasteiger partial charge on any atom is -0.354 e. The Morgan fingerprint density at radius 3 is 2.80 bits per heavy atom. The van der Waals surface area contributed by atoms with Crippen LogP contribution < -0.4 is 15.8 Å². The summed E-state index contributed by atoms with van der Waals surface area (Å²) in [6.45, 7) is 2.67. The monoisotopic (exact) mass is 293 g/mol. The molecule has 0 radical (unpaired) electrons. The van der Waals surface area contributed by atoms with Gasteiger partial charge in [0.1, 0.15) is 0 Å². The fraction of sp³-hybridized carbons (Fsp3) is 0.364. The highest BCUT2D eigenvalue weighted by Gasteiger charge is 2.10. The fourth-order valence-corrected chi connectivity index (χ4v) is 2.02. The second-order valence-electron chi connectivity index (χ2n) is 4.01. The number of hydrogen-bond acceptors (Lipinski definition) is 8. The average molecular weight is 293 g/mol. The second-order valence-corrected chi connectivity index (χ2v) is 4.96. The van der Waals surface area contributed by atoms with Gasteiger partial charge in [-0.1, -0.05) is 0 Å². The van der Waals surface area contributed by atoms with E-state index >= 15 is 0 Å². The summed E-state index contributed by atoms with van der Waals surface area (Å²) < 4.78 is 0. The lowest BCUT2D eigenvalue weighted by Gasteiger charge is -2.12. The van der Waals surface area contributed by atoms with Crippen molar-refractivity contribution in [3.05, 3.63) is 22.6 Å². The summed E-state index contributed by atoms with van der Waals surface area (Å²) in [4.78, 5) is 32.5. The van der Waals surface area contributed by atoms with Crippen LogP contribution in [0.2, 0.25) is 0 Å². The zero-order chi connectivity index (χ0) is 14.5. The Morgan fingerprint density at radius 1 is 1.35 bits per heavy atom. The van der Waals surface area contributed by atoms with Crippen LogP contribution in [-0.4, -0.2) is 45.6 Å². The molecule has 8 nitrogen and oxygen atoms in total. The van der Waals surface area contributed by atoms with Gasteiger partial charge in [-0.2, -0.15) is 15.0 Å². The molecule has 0 aliphatic rings. The SMILES string of the molecule is CCNc1nc(Sc2nccc(=O)[nH]2)nc(N(C)C)n1. The second kappa shape index (κ2) is 6.33. The number of aromatic amines is 1. The quantitative estimate of drug-likeness (QED) is 0.773. The molecule has 2 aromatic heterocycles. The van der Waals surface area contributed by atoms with E-state index in [1.807, 2.05) is 21.0 Å². The Labute approximate surface area is 120 Å². The predicted molar refractivity (Wildman–Crippen MR) is 77.3 cm³/mol. The molecule has 0 aromatic carbocycles. The molecule has 2 rings (SSSR count). The van der Waals surface area contributed by atoms with Gasteiger partial charge in [0.25, 0.3) is 5.56 Å². The lowest BCUT2D eigenvalue weighted by molar-refractivity contribution is 0.854. The maximum absolute atomic E-state index is 11.2. The van der Waals surface area contributed by atoms with Crippen LogP contribution in [0.5, 0.6) is 0 Å². The average Bonchev–Trinajstić information content (AvgIpc) is 2.38. The van der Waals surface area contributed by atoms with Gasteiger partial charge in [-0.05, 0) is 18.7 Å². The molecule has 0 atom stereocenters. The van der Waals surface area contributed by atoms with Crippen LogP contribution >= 0.6 is 11.8 Å². The van der Waals surface area contributed by atoms with E-state index < -0.39 is 0 Å². The lowest BCUT2D eigenvalue weighted by atomic mass is 10.7. The van der Waals surface area contributed by atoms with Crippen LogP contribution in [0.4, 0.5) is 11.9 Å². The Morgan fingerprint density at radius 2 is 2.15 bits per heavy atom. The minimum atomic E-state index is -0.212. The first-order valence-electron chi connectivity index (χ1n) is 5.99. The maximum atomic E-state index is 11.2. The van der Waals surface area contributed by atoms with Gasteiger partial charge in [0.2, 0.25) is 17.1 Å². The molecule has 0 saturated heterocycles. The van der Waals surface area contributed by atoms with Crippen molar-refractivity contribution in [1.82, 2.24) is 24.9 Å². The third-order valence-electron chi connectivity index (χ3n) is 2.17. The van der Waals surface area contributed by atoms with Gasteiger partial charge < -0.3 is 15.2 Å². The molecule has 0 spiro atoms. The van der Waals surface area contributed by atoms with Crippen molar-refractivity contribution in [2.24, 2.45) is 0 Å². The molecule has 20 heavy (non-hydrogen) atoms. The molecular weight excluding hydrogens is 278 g/mol. The van der Waals surface area contributed by atoms with E-state index in [2.05, 4.69) is 30.2 Å². The van der Waals surface area contributed by atoms with E-state index in [9.17, 15) is 4.79 Å². The van der Waals surface area contributed by atoms with Gasteiger partial charge in [0.05, 0.1) is 0 Å². The molecule has 0 aliphatic carbocycles. The molecular formula is C11H15N7OS. The molecule has 2 N–H and O–H groups in total. The van der Waals surface area contributed by atoms with Crippen molar-refractivity contribution < 1.29 is 0 Å². The molecule has 0 saturated carbocycles. The zero-order valence-electron chi connectivity index (χ0n) is 11.4. The predicted octanol–water partition coefficient (Wildman–Crippen LogP) is 0.604. The molecule has 0 bridgehead atoms. The third kappa shape index (κ3) is 3.67. The van der Waals surface area contributed by atoms with Crippen LogP contribution in [0.1, 0.15) is 6.92 Å². The van der Waals surface area contributed by atoms with Gasteiger partial charge in [0, 0.05) is 32.9 Å². The number of H-pyrrole nitrogens is 1. The number of aromatic nitrogens is 5. The molecule has 2 aromatic rings. The van der Waals surface area contributed by atoms with Crippen molar-refractivity contribution in [3.8, 4) is 0 Å². The lowest BCUT2D eigenvalue weighted by Crippen LogP contribution is -2.16. The number of anilines is 2. The summed E-state index contributed by atoms with van der Waals surface area (Å²) in [5, 5.41) is 3.95. The normalized spacial score (nSPS) is 10.3. The number of nitrogens with zero attached hydrogens (tertiary/aromatic N) is 5. The first-order valence-corrected chi connectivity index (χ1v) is 6.80. The van der Waals surface area contributed by atoms with Crippen LogP contribution in [0.15, 0.2) is 27.4 Å². The highest BCUT2D eigenvalue weighted by molar-refractivity contribution is 7.99. The van der Waals surface area contributed by atoms with E-state index in [0.717, 1.165) is 0 Å². The topological polar surface area (TPSA) is 99.7 Å². The zero-order valence-corrected chi connectivity index (χ0v) is 12.2. The standard InChI is InChI=1S/C11H15N7OS/c1-4-12-8-15-9(18(2)3)17-11(16-8)20-10-13-6-5-7(19)14-10/h5-6H,4H2,1-3H3,(H,13,14,19)(H,12,15,16,17). The summed E-state index contributed by atoms with van der Waals surface area (Å²) in [5.74, 6) is 1.03. The smallest absolute Gasteiger partial charge is 0.251 e. The van der Waals surface area contributed by atoms with Crippen LogP contribution in [0.25, 0.3) is 0 Å². The largest absolute Gasteiger partial charge is 0.354 e. The number of rotatable bonds is 5.